The van der Waals surface area contributed by atoms with Gasteiger partial charge in [-0.1, -0.05) is 0 Å². The molecule has 2 aromatic rings. The van der Waals surface area contributed by atoms with Gasteiger partial charge in [0.2, 0.25) is 0 Å². The van der Waals surface area contributed by atoms with Crippen LogP contribution in [0.1, 0.15) is 10.4 Å². The number of thiazole rings is 1. The molecule has 0 atom stereocenters. The van der Waals surface area contributed by atoms with E-state index in [9.17, 15) is 9.59 Å². The van der Waals surface area contributed by atoms with Crippen LogP contribution >= 0.6 is 11.3 Å². The highest BCUT2D eigenvalue weighted by atomic mass is 32.1. The topological polar surface area (TPSA) is 70.5 Å². The first-order valence-electron chi connectivity index (χ1n) is 5.50. The molecule has 0 spiro atoms. The van der Waals surface area contributed by atoms with Gasteiger partial charge >= 0.3 is 5.97 Å². The Labute approximate surface area is 107 Å². The second-order valence-corrected chi connectivity index (χ2v) is 5.17. The molecule has 92 valence electrons. The van der Waals surface area contributed by atoms with E-state index >= 15 is 0 Å². The van der Waals surface area contributed by atoms with Crippen molar-refractivity contribution in [1.82, 2.24) is 9.88 Å². The van der Waals surface area contributed by atoms with Gasteiger partial charge < -0.3 is 10.0 Å². The Balaban J connectivity index is 1.78. The van der Waals surface area contributed by atoms with Crippen LogP contribution in [-0.4, -0.2) is 40.0 Å². The minimum absolute atomic E-state index is 0.109. The molecule has 1 aromatic heterocycles. The van der Waals surface area contributed by atoms with Gasteiger partial charge in [-0.15, -0.1) is 11.3 Å². The van der Waals surface area contributed by atoms with Crippen molar-refractivity contribution in [2.75, 3.05) is 13.1 Å². The molecule has 1 fully saturated rings. The third-order valence-corrected chi connectivity index (χ3v) is 3.89. The molecule has 1 saturated heterocycles. The van der Waals surface area contributed by atoms with Gasteiger partial charge in [-0.25, -0.2) is 4.98 Å². The van der Waals surface area contributed by atoms with Crippen LogP contribution < -0.4 is 0 Å². The molecule has 5 nitrogen and oxygen atoms in total. The van der Waals surface area contributed by atoms with E-state index in [0.717, 1.165) is 10.2 Å². The maximum atomic E-state index is 12.1. The maximum Gasteiger partial charge on any atom is 0.310 e. The second-order valence-electron chi connectivity index (χ2n) is 4.28. The molecule has 1 aromatic carbocycles. The number of aliphatic carboxylic acids is 1. The number of aromatic nitrogens is 1. The molecule has 0 unspecified atom stereocenters. The van der Waals surface area contributed by atoms with Gasteiger partial charge in [-0.2, -0.15) is 0 Å². The lowest BCUT2D eigenvalue weighted by Crippen LogP contribution is -2.53. The Kier molecular flexibility index (Phi) is 2.52. The summed E-state index contributed by atoms with van der Waals surface area (Å²) in [6.45, 7) is 0.601. The maximum absolute atomic E-state index is 12.1. The molecule has 1 amide bonds. The molecule has 18 heavy (non-hydrogen) atoms. The Morgan fingerprint density at radius 1 is 1.39 bits per heavy atom. The number of rotatable bonds is 2. The average molecular weight is 262 g/mol. The van der Waals surface area contributed by atoms with Gasteiger partial charge in [0, 0.05) is 18.7 Å². The molecular formula is C12H10N2O3S. The third-order valence-electron chi connectivity index (χ3n) is 3.10. The van der Waals surface area contributed by atoms with E-state index in [4.69, 9.17) is 5.11 Å². The van der Waals surface area contributed by atoms with Crippen LogP contribution in [0.5, 0.6) is 0 Å². The first kappa shape index (κ1) is 11.2. The fourth-order valence-electron chi connectivity index (χ4n) is 1.97. The van der Waals surface area contributed by atoms with E-state index in [1.807, 2.05) is 12.1 Å². The number of carboxylic acids is 1. The van der Waals surface area contributed by atoms with Crippen LogP contribution in [0.25, 0.3) is 10.2 Å². The fraction of sp³-hybridized carbons (Fsp3) is 0.250. The van der Waals surface area contributed by atoms with E-state index in [1.54, 1.807) is 16.5 Å². The van der Waals surface area contributed by atoms with Gasteiger partial charge in [0.1, 0.15) is 0 Å². The summed E-state index contributed by atoms with van der Waals surface area (Å²) in [6.07, 6.45) is 0. The highest BCUT2D eigenvalue weighted by Crippen LogP contribution is 2.23. The van der Waals surface area contributed by atoms with Crippen molar-refractivity contribution in [3.63, 3.8) is 0 Å². The first-order valence-corrected chi connectivity index (χ1v) is 6.38. The van der Waals surface area contributed by atoms with Crippen LogP contribution in [0.2, 0.25) is 0 Å². The molecule has 1 aliphatic heterocycles. The second kappa shape index (κ2) is 4.06. The van der Waals surface area contributed by atoms with Crippen molar-refractivity contribution in [2.45, 2.75) is 0 Å². The van der Waals surface area contributed by atoms with Gasteiger partial charge in [-0.05, 0) is 18.2 Å². The lowest BCUT2D eigenvalue weighted by Gasteiger charge is -2.36. The Morgan fingerprint density at radius 3 is 2.89 bits per heavy atom. The molecule has 1 aliphatic rings. The van der Waals surface area contributed by atoms with Crippen LogP contribution in [0.3, 0.4) is 0 Å². The van der Waals surface area contributed by atoms with E-state index in [0.29, 0.717) is 18.7 Å². The van der Waals surface area contributed by atoms with Crippen molar-refractivity contribution >= 4 is 33.4 Å². The largest absolute Gasteiger partial charge is 0.481 e. The number of benzene rings is 1. The number of hydrogen-bond donors (Lipinski definition) is 1. The van der Waals surface area contributed by atoms with Gasteiger partial charge in [0.05, 0.1) is 21.6 Å². The van der Waals surface area contributed by atoms with Crippen LogP contribution in [-0.2, 0) is 4.79 Å². The van der Waals surface area contributed by atoms with Crippen LogP contribution in [0, 0.1) is 5.92 Å². The standard InChI is InChI=1S/C12H10N2O3S/c15-11(14-4-8(5-14)12(16)17)7-1-2-9-10(3-7)18-6-13-9/h1-3,6,8H,4-5H2,(H,16,17). The van der Waals surface area contributed by atoms with Gasteiger partial charge in [0.15, 0.2) is 0 Å². The van der Waals surface area contributed by atoms with Crippen molar-refractivity contribution in [3.05, 3.63) is 29.3 Å². The molecule has 2 heterocycles. The molecule has 0 aliphatic carbocycles. The predicted molar refractivity (Wildman–Crippen MR) is 66.6 cm³/mol. The monoisotopic (exact) mass is 262 g/mol. The minimum atomic E-state index is -0.836. The van der Waals surface area contributed by atoms with Crippen LogP contribution in [0.15, 0.2) is 23.7 Å². The SMILES string of the molecule is O=C(O)C1CN(C(=O)c2ccc3ncsc3c2)C1. The molecule has 0 radical (unpaired) electrons. The average Bonchev–Trinajstić information content (AvgIpc) is 2.72. The molecular weight excluding hydrogens is 252 g/mol. The summed E-state index contributed by atoms with van der Waals surface area (Å²) in [5.41, 5.74) is 3.21. The number of carbonyl (C=O) groups excluding carboxylic acids is 1. The summed E-state index contributed by atoms with van der Waals surface area (Å²) in [6, 6.07) is 5.36. The highest BCUT2D eigenvalue weighted by molar-refractivity contribution is 7.16. The van der Waals surface area contributed by atoms with E-state index in [2.05, 4.69) is 4.98 Å². The zero-order valence-corrected chi connectivity index (χ0v) is 10.2. The number of fused-ring (bicyclic) bond motifs is 1. The summed E-state index contributed by atoms with van der Waals surface area (Å²) in [5, 5.41) is 8.77. The lowest BCUT2D eigenvalue weighted by atomic mass is 9.99. The minimum Gasteiger partial charge on any atom is -0.481 e. The van der Waals surface area contributed by atoms with Gasteiger partial charge in [-0.3, -0.25) is 9.59 Å². The lowest BCUT2D eigenvalue weighted by molar-refractivity contribution is -0.146. The summed E-state index contributed by atoms with van der Waals surface area (Å²) in [7, 11) is 0. The Bertz CT molecular complexity index is 631. The zero-order chi connectivity index (χ0) is 12.7. The summed E-state index contributed by atoms with van der Waals surface area (Å²) in [4.78, 5) is 28.5. The smallest absolute Gasteiger partial charge is 0.310 e. The van der Waals surface area contributed by atoms with Gasteiger partial charge in [0.25, 0.3) is 5.91 Å². The van der Waals surface area contributed by atoms with E-state index in [-0.39, 0.29) is 5.91 Å². The number of carbonyl (C=O) groups is 2. The van der Waals surface area contributed by atoms with Crippen molar-refractivity contribution in [2.24, 2.45) is 5.92 Å². The Hall–Kier alpha value is -1.95. The number of carboxylic acid groups (broad SMARTS) is 1. The summed E-state index contributed by atoms with van der Waals surface area (Å²) in [5.74, 6) is -1.36. The molecule has 0 bridgehead atoms. The highest BCUT2D eigenvalue weighted by Gasteiger charge is 2.35. The molecule has 3 rings (SSSR count). The summed E-state index contributed by atoms with van der Waals surface area (Å²) < 4.78 is 0.969. The first-order chi connectivity index (χ1) is 8.65. The number of amides is 1. The van der Waals surface area contributed by atoms with Crippen molar-refractivity contribution < 1.29 is 14.7 Å². The zero-order valence-electron chi connectivity index (χ0n) is 9.37. The third kappa shape index (κ3) is 1.74. The van der Waals surface area contributed by atoms with E-state index < -0.39 is 11.9 Å². The number of nitrogens with zero attached hydrogens (tertiary/aromatic N) is 2. The Morgan fingerprint density at radius 2 is 2.17 bits per heavy atom. The van der Waals surface area contributed by atoms with Crippen molar-refractivity contribution in [3.8, 4) is 0 Å². The normalized spacial score (nSPS) is 15.7. The fourth-order valence-corrected chi connectivity index (χ4v) is 2.69. The van der Waals surface area contributed by atoms with E-state index in [1.165, 1.54) is 11.3 Å². The van der Waals surface area contributed by atoms with Crippen LogP contribution in [0.4, 0.5) is 0 Å². The molecule has 0 saturated carbocycles. The predicted octanol–water partition coefficient (Wildman–Crippen LogP) is 1.45. The summed E-state index contributed by atoms with van der Waals surface area (Å²) >= 11 is 1.49. The number of hydrogen-bond acceptors (Lipinski definition) is 4. The quantitative estimate of drug-likeness (QED) is 0.889. The molecule has 1 N–H and O–H groups in total. The molecule has 6 heteroatoms. The van der Waals surface area contributed by atoms with Crippen molar-refractivity contribution in [1.29, 1.82) is 0 Å². The number of likely N-dealkylation sites (tertiary alicyclic amines) is 1.